The number of carbonyl (C=O) groups excluding carboxylic acids is 1. The van der Waals surface area contributed by atoms with Gasteiger partial charge in [0.25, 0.3) is 5.91 Å². The average molecular weight is 333 g/mol. The summed E-state index contributed by atoms with van der Waals surface area (Å²) in [6.45, 7) is 10.7. The number of rotatable bonds is 6. The molecule has 0 aliphatic heterocycles. The van der Waals surface area contributed by atoms with Crippen LogP contribution in [0, 0.1) is 12.8 Å². The summed E-state index contributed by atoms with van der Waals surface area (Å²) in [7, 11) is 0. The van der Waals surface area contributed by atoms with Gasteiger partial charge in [-0.05, 0) is 76.6 Å². The Kier molecular flexibility index (Phi) is 6.27. The first-order chi connectivity index (χ1) is 11.4. The number of amides is 1. The Morgan fingerprint density at radius 3 is 2.75 bits per heavy atom. The van der Waals surface area contributed by atoms with Crippen LogP contribution in [0.3, 0.4) is 0 Å². The fourth-order valence-corrected chi connectivity index (χ4v) is 3.54. The van der Waals surface area contributed by atoms with E-state index in [0.29, 0.717) is 12.5 Å². The van der Waals surface area contributed by atoms with E-state index in [4.69, 9.17) is 9.47 Å². The second-order valence-corrected chi connectivity index (χ2v) is 7.23. The summed E-state index contributed by atoms with van der Waals surface area (Å²) < 4.78 is 11.7. The number of aryl methyl sites for hydroxylation is 1. The predicted octanol–water partition coefficient (Wildman–Crippen LogP) is 4.71. The van der Waals surface area contributed by atoms with E-state index in [1.54, 1.807) is 0 Å². The van der Waals surface area contributed by atoms with E-state index in [-0.39, 0.29) is 12.0 Å². The summed E-state index contributed by atoms with van der Waals surface area (Å²) in [5.74, 6) is 1.35. The van der Waals surface area contributed by atoms with E-state index in [1.165, 1.54) is 6.42 Å². The van der Waals surface area contributed by atoms with Gasteiger partial charge in [-0.15, -0.1) is 0 Å². The van der Waals surface area contributed by atoms with Crippen LogP contribution >= 0.6 is 0 Å². The van der Waals surface area contributed by atoms with Crippen molar-refractivity contribution in [3.8, 4) is 5.75 Å². The Hall–Kier alpha value is -1.55. The van der Waals surface area contributed by atoms with Gasteiger partial charge in [0.1, 0.15) is 11.4 Å². The third-order valence-electron chi connectivity index (χ3n) is 4.59. The third kappa shape index (κ3) is 4.50. The lowest BCUT2D eigenvalue weighted by atomic mass is 9.78. The lowest BCUT2D eigenvalue weighted by molar-refractivity contribution is -0.147. The highest BCUT2D eigenvalue weighted by Crippen LogP contribution is 2.36. The van der Waals surface area contributed by atoms with Gasteiger partial charge in [0, 0.05) is 12.3 Å². The molecule has 1 aliphatic carbocycles. The van der Waals surface area contributed by atoms with Crippen molar-refractivity contribution < 1.29 is 14.3 Å². The van der Waals surface area contributed by atoms with Crippen LogP contribution in [-0.4, -0.2) is 24.2 Å². The number of nitrogens with one attached hydrogen (secondary N) is 1. The number of hydrogen-bond acceptors (Lipinski definition) is 3. The number of carbonyl (C=O) groups is 1. The van der Waals surface area contributed by atoms with Gasteiger partial charge in [0.15, 0.2) is 0 Å². The molecule has 134 valence electrons. The molecule has 0 radical (unpaired) electrons. The summed E-state index contributed by atoms with van der Waals surface area (Å²) in [5.41, 5.74) is 1.13. The van der Waals surface area contributed by atoms with E-state index in [1.807, 2.05) is 45.9 Å². The van der Waals surface area contributed by atoms with Crippen LogP contribution < -0.4 is 10.1 Å². The summed E-state index contributed by atoms with van der Waals surface area (Å²) in [6, 6.07) is 5.78. The van der Waals surface area contributed by atoms with Crippen LogP contribution in [0.15, 0.2) is 18.2 Å². The quantitative estimate of drug-likeness (QED) is 0.820. The largest absolute Gasteiger partial charge is 0.491 e. The maximum atomic E-state index is 12.9. The summed E-state index contributed by atoms with van der Waals surface area (Å²) in [6.07, 6.45) is 3.93. The van der Waals surface area contributed by atoms with Gasteiger partial charge in [-0.25, -0.2) is 0 Å². The van der Waals surface area contributed by atoms with Crippen molar-refractivity contribution in [3.63, 3.8) is 0 Å². The molecule has 0 heterocycles. The molecule has 4 heteroatoms. The molecule has 0 unspecified atom stereocenters. The Morgan fingerprint density at radius 2 is 2.17 bits per heavy atom. The van der Waals surface area contributed by atoms with Crippen LogP contribution in [0.25, 0.3) is 0 Å². The van der Waals surface area contributed by atoms with Gasteiger partial charge in [-0.1, -0.05) is 13.3 Å². The SMILES string of the molecule is CCO[C@]1(C(=O)Nc2ccc(OC(C)C)c(C)c2)CCC[C@H](C)C1. The van der Waals surface area contributed by atoms with Crippen molar-refractivity contribution in [1.29, 1.82) is 0 Å². The summed E-state index contributed by atoms with van der Waals surface area (Å²) >= 11 is 0. The Morgan fingerprint density at radius 1 is 1.42 bits per heavy atom. The minimum atomic E-state index is -0.687. The lowest BCUT2D eigenvalue weighted by Crippen LogP contribution is -2.48. The molecule has 1 N–H and O–H groups in total. The topological polar surface area (TPSA) is 47.6 Å². The van der Waals surface area contributed by atoms with E-state index in [9.17, 15) is 4.79 Å². The second kappa shape index (κ2) is 8.02. The van der Waals surface area contributed by atoms with Crippen molar-refractivity contribution in [1.82, 2.24) is 0 Å². The number of hydrogen-bond donors (Lipinski definition) is 1. The monoisotopic (exact) mass is 333 g/mol. The first-order valence-corrected chi connectivity index (χ1v) is 9.09. The minimum Gasteiger partial charge on any atom is -0.491 e. The van der Waals surface area contributed by atoms with E-state index in [2.05, 4.69) is 12.2 Å². The highest BCUT2D eigenvalue weighted by Gasteiger charge is 2.42. The zero-order chi connectivity index (χ0) is 17.7. The molecule has 1 saturated carbocycles. The molecule has 4 nitrogen and oxygen atoms in total. The zero-order valence-corrected chi connectivity index (χ0v) is 15.6. The molecule has 0 saturated heterocycles. The lowest BCUT2D eigenvalue weighted by Gasteiger charge is -2.38. The van der Waals surface area contributed by atoms with Gasteiger partial charge in [0.05, 0.1) is 6.10 Å². The molecule has 0 spiro atoms. The molecule has 2 rings (SSSR count). The maximum absolute atomic E-state index is 12.9. The molecule has 1 aromatic carbocycles. The highest BCUT2D eigenvalue weighted by atomic mass is 16.5. The molecular formula is C20H31NO3. The van der Waals surface area contributed by atoms with Gasteiger partial charge in [-0.3, -0.25) is 4.79 Å². The molecule has 0 aromatic heterocycles. The highest BCUT2D eigenvalue weighted by molar-refractivity contribution is 5.97. The summed E-state index contributed by atoms with van der Waals surface area (Å²) in [4.78, 5) is 12.9. The fourth-order valence-electron chi connectivity index (χ4n) is 3.54. The molecule has 1 aromatic rings. The van der Waals surface area contributed by atoms with Crippen LogP contribution in [0.4, 0.5) is 5.69 Å². The first kappa shape index (κ1) is 18.8. The first-order valence-electron chi connectivity index (χ1n) is 9.09. The molecule has 0 bridgehead atoms. The van der Waals surface area contributed by atoms with Gasteiger partial charge >= 0.3 is 0 Å². The molecule has 24 heavy (non-hydrogen) atoms. The van der Waals surface area contributed by atoms with E-state index in [0.717, 1.165) is 36.3 Å². The number of ether oxygens (including phenoxy) is 2. The Bertz CT molecular complexity index is 566. The smallest absolute Gasteiger partial charge is 0.256 e. The zero-order valence-electron chi connectivity index (χ0n) is 15.6. The van der Waals surface area contributed by atoms with Crippen molar-refractivity contribution in [2.45, 2.75) is 72.0 Å². The molecular weight excluding hydrogens is 302 g/mol. The predicted molar refractivity (Wildman–Crippen MR) is 97.6 cm³/mol. The van der Waals surface area contributed by atoms with Crippen molar-refractivity contribution in [3.05, 3.63) is 23.8 Å². The molecule has 2 atom stereocenters. The van der Waals surface area contributed by atoms with E-state index >= 15 is 0 Å². The van der Waals surface area contributed by atoms with Gasteiger partial charge in [-0.2, -0.15) is 0 Å². The van der Waals surface area contributed by atoms with Crippen LogP contribution in [0.5, 0.6) is 5.75 Å². The average Bonchev–Trinajstić information content (AvgIpc) is 2.50. The fraction of sp³-hybridized carbons (Fsp3) is 0.650. The molecule has 1 fully saturated rings. The van der Waals surface area contributed by atoms with Crippen LogP contribution in [-0.2, 0) is 9.53 Å². The van der Waals surface area contributed by atoms with Crippen molar-refractivity contribution in [2.75, 3.05) is 11.9 Å². The Balaban J connectivity index is 2.13. The third-order valence-corrected chi connectivity index (χ3v) is 4.59. The van der Waals surface area contributed by atoms with E-state index < -0.39 is 5.60 Å². The van der Waals surface area contributed by atoms with Gasteiger partial charge < -0.3 is 14.8 Å². The maximum Gasteiger partial charge on any atom is 0.256 e. The van der Waals surface area contributed by atoms with Crippen LogP contribution in [0.2, 0.25) is 0 Å². The Labute approximate surface area is 145 Å². The normalized spacial score (nSPS) is 24.0. The van der Waals surface area contributed by atoms with Gasteiger partial charge in [0.2, 0.25) is 0 Å². The van der Waals surface area contributed by atoms with Crippen molar-refractivity contribution in [2.24, 2.45) is 5.92 Å². The minimum absolute atomic E-state index is 0.0205. The standard InChI is InChI=1S/C20H31NO3/c1-6-23-20(11-7-8-15(4)13-20)19(22)21-17-9-10-18(16(5)12-17)24-14(2)3/h9-10,12,14-15H,6-8,11,13H2,1-5H3,(H,21,22)/t15-,20+/m0/s1. The number of benzene rings is 1. The molecule has 1 amide bonds. The number of anilines is 1. The van der Waals surface area contributed by atoms with Crippen molar-refractivity contribution >= 4 is 11.6 Å². The van der Waals surface area contributed by atoms with Crippen LogP contribution in [0.1, 0.15) is 58.9 Å². The second-order valence-electron chi connectivity index (χ2n) is 7.23. The summed E-state index contributed by atoms with van der Waals surface area (Å²) in [5, 5.41) is 3.06. The molecule has 1 aliphatic rings.